The van der Waals surface area contributed by atoms with Crippen molar-refractivity contribution in [3.05, 3.63) is 60.8 Å². The molecule has 1 aromatic carbocycles. The summed E-state index contributed by atoms with van der Waals surface area (Å²) in [5.41, 5.74) is 2.04. The van der Waals surface area contributed by atoms with Crippen molar-refractivity contribution in [2.24, 2.45) is 0 Å². The lowest BCUT2D eigenvalue weighted by atomic mass is 10.2. The predicted octanol–water partition coefficient (Wildman–Crippen LogP) is 2.58. The molecule has 0 unspecified atom stereocenters. The van der Waals surface area contributed by atoms with E-state index in [-0.39, 0.29) is 5.91 Å². The van der Waals surface area contributed by atoms with E-state index in [0.29, 0.717) is 6.54 Å². The Morgan fingerprint density at radius 2 is 2.23 bits per heavy atom. The third-order valence-corrected chi connectivity index (χ3v) is 3.49. The fourth-order valence-corrected chi connectivity index (χ4v) is 2.38. The Labute approximate surface area is 128 Å². The summed E-state index contributed by atoms with van der Waals surface area (Å²) in [5.74, 6) is -0.0908. The zero-order valence-corrected chi connectivity index (χ0v) is 12.2. The maximum absolute atomic E-state index is 11.7. The van der Waals surface area contributed by atoms with Crippen LogP contribution in [0.5, 0.6) is 0 Å². The molecule has 0 bridgehead atoms. The van der Waals surface area contributed by atoms with E-state index >= 15 is 0 Å². The molecule has 0 atom stereocenters. The Hall–Kier alpha value is -2.82. The van der Waals surface area contributed by atoms with Crippen molar-refractivity contribution in [1.29, 1.82) is 0 Å². The van der Waals surface area contributed by atoms with Gasteiger partial charge in [0.05, 0.1) is 18.2 Å². The molecule has 2 N–H and O–H groups in total. The molecule has 2 heterocycles. The minimum atomic E-state index is -0.0908. The number of benzene rings is 1. The lowest BCUT2D eigenvalue weighted by Gasteiger charge is -2.06. The smallest absolute Gasteiger partial charge is 0.244 e. The van der Waals surface area contributed by atoms with Crippen LogP contribution in [0.25, 0.3) is 17.0 Å². The van der Waals surface area contributed by atoms with Crippen LogP contribution in [-0.4, -0.2) is 27.0 Å². The van der Waals surface area contributed by atoms with Crippen molar-refractivity contribution in [1.82, 2.24) is 19.9 Å². The molecule has 112 valence electrons. The third-order valence-electron chi connectivity index (χ3n) is 3.49. The van der Waals surface area contributed by atoms with Gasteiger partial charge in [0.15, 0.2) is 0 Å². The van der Waals surface area contributed by atoms with Crippen LogP contribution in [0.1, 0.15) is 12.1 Å². The van der Waals surface area contributed by atoms with Gasteiger partial charge in [-0.2, -0.15) is 0 Å². The first kappa shape index (κ1) is 14.1. The number of carbonyl (C=O) groups excluding carboxylic acids is 1. The Bertz CT molecular complexity index is 771. The SMILES string of the molecule is O=C(C=Cc1cnc[nH]1)NCCCn1ccc2ccccc21. The number of imidazole rings is 1. The summed E-state index contributed by atoms with van der Waals surface area (Å²) in [5, 5.41) is 4.13. The lowest BCUT2D eigenvalue weighted by molar-refractivity contribution is -0.116. The highest BCUT2D eigenvalue weighted by atomic mass is 16.1. The molecule has 2 aromatic heterocycles. The van der Waals surface area contributed by atoms with Gasteiger partial charge in [0.2, 0.25) is 5.91 Å². The molecule has 3 rings (SSSR count). The number of aromatic amines is 1. The Morgan fingerprint density at radius 3 is 3.09 bits per heavy atom. The van der Waals surface area contributed by atoms with E-state index in [4.69, 9.17) is 0 Å². The normalized spacial score (nSPS) is 11.3. The summed E-state index contributed by atoms with van der Waals surface area (Å²) in [4.78, 5) is 18.5. The summed E-state index contributed by atoms with van der Waals surface area (Å²) in [6.45, 7) is 1.54. The molecule has 5 nitrogen and oxygen atoms in total. The number of aryl methyl sites for hydroxylation is 1. The molecule has 0 aliphatic carbocycles. The number of nitrogens with one attached hydrogen (secondary N) is 2. The van der Waals surface area contributed by atoms with Gasteiger partial charge in [-0.15, -0.1) is 0 Å². The molecule has 0 saturated carbocycles. The number of carbonyl (C=O) groups is 1. The first-order valence-electron chi connectivity index (χ1n) is 7.31. The van der Waals surface area contributed by atoms with Crippen LogP contribution >= 0.6 is 0 Å². The average Bonchev–Trinajstić information content (AvgIpc) is 3.19. The number of amides is 1. The van der Waals surface area contributed by atoms with Gasteiger partial charge < -0.3 is 14.9 Å². The van der Waals surface area contributed by atoms with Crippen LogP contribution in [0.2, 0.25) is 0 Å². The van der Waals surface area contributed by atoms with Crippen LogP contribution in [-0.2, 0) is 11.3 Å². The average molecular weight is 294 g/mol. The highest BCUT2D eigenvalue weighted by Gasteiger charge is 2.00. The van der Waals surface area contributed by atoms with Crippen LogP contribution < -0.4 is 5.32 Å². The number of hydrogen-bond donors (Lipinski definition) is 2. The fourth-order valence-electron chi connectivity index (χ4n) is 2.38. The molecule has 0 radical (unpaired) electrons. The third kappa shape index (κ3) is 3.44. The van der Waals surface area contributed by atoms with Gasteiger partial charge in [-0.1, -0.05) is 18.2 Å². The quantitative estimate of drug-likeness (QED) is 0.542. The predicted molar refractivity (Wildman–Crippen MR) is 87.2 cm³/mol. The number of hydrogen-bond acceptors (Lipinski definition) is 2. The molecular weight excluding hydrogens is 276 g/mol. The van der Waals surface area contributed by atoms with Crippen molar-refractivity contribution in [2.45, 2.75) is 13.0 Å². The summed E-state index contributed by atoms with van der Waals surface area (Å²) < 4.78 is 2.21. The van der Waals surface area contributed by atoms with E-state index in [9.17, 15) is 4.79 Å². The van der Waals surface area contributed by atoms with Gasteiger partial charge in [0, 0.05) is 30.9 Å². The van der Waals surface area contributed by atoms with Crippen LogP contribution in [0.3, 0.4) is 0 Å². The van der Waals surface area contributed by atoms with Crippen molar-refractivity contribution in [3.63, 3.8) is 0 Å². The van der Waals surface area contributed by atoms with Gasteiger partial charge in [-0.3, -0.25) is 4.79 Å². The zero-order valence-electron chi connectivity index (χ0n) is 12.2. The first-order valence-corrected chi connectivity index (χ1v) is 7.31. The van der Waals surface area contributed by atoms with E-state index in [1.807, 2.05) is 12.1 Å². The van der Waals surface area contributed by atoms with Gasteiger partial charge in [-0.05, 0) is 30.0 Å². The summed E-state index contributed by atoms with van der Waals surface area (Å²) in [7, 11) is 0. The van der Waals surface area contributed by atoms with Crippen molar-refractivity contribution in [2.75, 3.05) is 6.54 Å². The Morgan fingerprint density at radius 1 is 1.32 bits per heavy atom. The molecule has 0 fully saturated rings. The van der Waals surface area contributed by atoms with Crippen LogP contribution in [0, 0.1) is 0 Å². The molecule has 0 aliphatic heterocycles. The first-order chi connectivity index (χ1) is 10.8. The standard InChI is InChI=1S/C17H18N4O/c22-17(7-6-15-12-18-13-20-15)19-9-3-10-21-11-8-14-4-1-2-5-16(14)21/h1-2,4-8,11-13H,3,9-10H2,(H,18,20)(H,19,22). The largest absolute Gasteiger partial charge is 0.352 e. The summed E-state index contributed by atoms with van der Waals surface area (Å²) >= 11 is 0. The fraction of sp³-hybridized carbons (Fsp3) is 0.176. The number of aromatic nitrogens is 3. The van der Waals surface area contributed by atoms with E-state index in [1.165, 1.54) is 17.0 Å². The molecule has 1 amide bonds. The Kier molecular flexibility index (Phi) is 4.34. The number of fused-ring (bicyclic) bond motifs is 1. The number of H-pyrrole nitrogens is 1. The Balaban J connectivity index is 1.44. The van der Waals surface area contributed by atoms with Gasteiger partial charge in [-0.25, -0.2) is 4.98 Å². The van der Waals surface area contributed by atoms with Crippen molar-refractivity contribution >= 4 is 22.9 Å². The van der Waals surface area contributed by atoms with Crippen LogP contribution in [0.4, 0.5) is 0 Å². The van der Waals surface area contributed by atoms with Gasteiger partial charge >= 0.3 is 0 Å². The van der Waals surface area contributed by atoms with E-state index < -0.39 is 0 Å². The number of para-hydroxylation sites is 1. The molecule has 22 heavy (non-hydrogen) atoms. The van der Waals surface area contributed by atoms with Crippen LogP contribution in [0.15, 0.2) is 55.1 Å². The van der Waals surface area contributed by atoms with E-state index in [2.05, 4.69) is 44.2 Å². The summed E-state index contributed by atoms with van der Waals surface area (Å²) in [6.07, 6.45) is 9.45. The second-order valence-electron chi connectivity index (χ2n) is 5.05. The number of nitrogens with zero attached hydrogens (tertiary/aromatic N) is 2. The minimum Gasteiger partial charge on any atom is -0.352 e. The molecule has 0 spiro atoms. The molecule has 3 aromatic rings. The molecular formula is C17H18N4O. The highest BCUT2D eigenvalue weighted by Crippen LogP contribution is 2.15. The summed E-state index contributed by atoms with van der Waals surface area (Å²) in [6, 6.07) is 10.4. The minimum absolute atomic E-state index is 0.0908. The maximum Gasteiger partial charge on any atom is 0.244 e. The van der Waals surface area contributed by atoms with E-state index in [0.717, 1.165) is 18.7 Å². The second kappa shape index (κ2) is 6.76. The topological polar surface area (TPSA) is 62.7 Å². The number of rotatable bonds is 6. The molecule has 0 aliphatic rings. The lowest BCUT2D eigenvalue weighted by Crippen LogP contribution is -2.23. The second-order valence-corrected chi connectivity index (χ2v) is 5.05. The molecule has 5 heteroatoms. The van der Waals surface area contributed by atoms with E-state index in [1.54, 1.807) is 18.6 Å². The monoisotopic (exact) mass is 294 g/mol. The highest BCUT2D eigenvalue weighted by molar-refractivity contribution is 5.91. The van der Waals surface area contributed by atoms with Crippen molar-refractivity contribution in [3.8, 4) is 0 Å². The van der Waals surface area contributed by atoms with Crippen molar-refractivity contribution < 1.29 is 4.79 Å². The van der Waals surface area contributed by atoms with Gasteiger partial charge in [0.1, 0.15) is 0 Å². The zero-order chi connectivity index (χ0) is 15.2. The van der Waals surface area contributed by atoms with Gasteiger partial charge in [0.25, 0.3) is 0 Å². The maximum atomic E-state index is 11.7. The molecule has 0 saturated heterocycles.